The highest BCUT2D eigenvalue weighted by Gasteiger charge is 2.10. The third-order valence-electron chi connectivity index (χ3n) is 3.06. The molecule has 2 aromatic carbocycles. The average Bonchev–Trinajstić information content (AvgIpc) is 2.53. The van der Waals surface area contributed by atoms with Crippen LogP contribution in [0.25, 0.3) is 0 Å². The number of halogens is 1. The monoisotopic (exact) mass is 376 g/mol. The number of primary amides is 1. The molecule has 2 rings (SSSR count). The summed E-state index contributed by atoms with van der Waals surface area (Å²) in [6.07, 6.45) is 0.908. The SMILES string of the molecule is CCCOc1ccc(C(=O)Nc2cccc(C(N)=O)c2)cc1Br. The zero-order valence-corrected chi connectivity index (χ0v) is 14.2. The first-order valence-electron chi connectivity index (χ1n) is 7.15. The van der Waals surface area contributed by atoms with Gasteiger partial charge in [0.15, 0.2) is 0 Å². The van der Waals surface area contributed by atoms with E-state index in [0.29, 0.717) is 33.6 Å². The van der Waals surface area contributed by atoms with Crippen molar-refractivity contribution >= 4 is 33.4 Å². The van der Waals surface area contributed by atoms with E-state index in [1.165, 1.54) is 6.07 Å². The molecule has 0 aliphatic carbocycles. The summed E-state index contributed by atoms with van der Waals surface area (Å²) in [6.45, 7) is 2.64. The number of amides is 2. The molecule has 5 nitrogen and oxygen atoms in total. The Labute approximate surface area is 143 Å². The van der Waals surface area contributed by atoms with Crippen molar-refractivity contribution in [2.45, 2.75) is 13.3 Å². The van der Waals surface area contributed by atoms with Crippen LogP contribution in [-0.4, -0.2) is 18.4 Å². The second-order valence-electron chi connectivity index (χ2n) is 4.89. The summed E-state index contributed by atoms with van der Waals surface area (Å²) in [5.41, 5.74) is 6.55. The van der Waals surface area contributed by atoms with Gasteiger partial charge in [-0.15, -0.1) is 0 Å². The first kappa shape index (κ1) is 17.0. The van der Waals surface area contributed by atoms with Crippen LogP contribution in [0.1, 0.15) is 34.1 Å². The number of benzene rings is 2. The number of nitrogens with two attached hydrogens (primary N) is 1. The van der Waals surface area contributed by atoms with Crippen molar-refractivity contribution in [1.82, 2.24) is 0 Å². The molecule has 0 unspecified atom stereocenters. The van der Waals surface area contributed by atoms with Crippen LogP contribution < -0.4 is 15.8 Å². The van der Waals surface area contributed by atoms with Gasteiger partial charge >= 0.3 is 0 Å². The van der Waals surface area contributed by atoms with Gasteiger partial charge in [0.05, 0.1) is 11.1 Å². The lowest BCUT2D eigenvalue weighted by molar-refractivity contribution is 0.0996. The molecule has 0 atom stereocenters. The quantitative estimate of drug-likeness (QED) is 0.807. The van der Waals surface area contributed by atoms with E-state index >= 15 is 0 Å². The molecule has 6 heteroatoms. The van der Waals surface area contributed by atoms with Crippen molar-refractivity contribution in [3.05, 3.63) is 58.1 Å². The molecule has 120 valence electrons. The minimum absolute atomic E-state index is 0.283. The molecule has 0 aliphatic rings. The number of ether oxygens (including phenoxy) is 1. The topological polar surface area (TPSA) is 81.4 Å². The molecule has 2 aromatic rings. The summed E-state index contributed by atoms with van der Waals surface area (Å²) in [4.78, 5) is 23.5. The molecular formula is C17H17BrN2O3. The third-order valence-corrected chi connectivity index (χ3v) is 3.68. The van der Waals surface area contributed by atoms with Gasteiger partial charge in [0.2, 0.25) is 5.91 Å². The molecule has 0 saturated heterocycles. The third kappa shape index (κ3) is 4.56. The van der Waals surface area contributed by atoms with Crippen LogP contribution in [0.5, 0.6) is 5.75 Å². The van der Waals surface area contributed by atoms with Gasteiger partial charge in [-0.3, -0.25) is 9.59 Å². The molecule has 0 spiro atoms. The Hall–Kier alpha value is -2.34. The Bertz CT molecular complexity index is 732. The Morgan fingerprint density at radius 2 is 1.96 bits per heavy atom. The highest BCUT2D eigenvalue weighted by Crippen LogP contribution is 2.26. The lowest BCUT2D eigenvalue weighted by atomic mass is 10.1. The Kier molecular flexibility index (Phi) is 5.76. The summed E-state index contributed by atoms with van der Waals surface area (Å²) >= 11 is 3.40. The Morgan fingerprint density at radius 1 is 1.17 bits per heavy atom. The van der Waals surface area contributed by atoms with E-state index in [4.69, 9.17) is 10.5 Å². The molecular weight excluding hydrogens is 360 g/mol. The van der Waals surface area contributed by atoms with E-state index in [1.807, 2.05) is 6.92 Å². The van der Waals surface area contributed by atoms with Crippen molar-refractivity contribution in [2.75, 3.05) is 11.9 Å². The van der Waals surface area contributed by atoms with Gasteiger partial charge < -0.3 is 15.8 Å². The van der Waals surface area contributed by atoms with Crippen molar-refractivity contribution < 1.29 is 14.3 Å². The van der Waals surface area contributed by atoms with Crippen molar-refractivity contribution in [1.29, 1.82) is 0 Å². The number of nitrogens with one attached hydrogen (secondary N) is 1. The van der Waals surface area contributed by atoms with E-state index in [2.05, 4.69) is 21.2 Å². The zero-order chi connectivity index (χ0) is 16.8. The maximum absolute atomic E-state index is 12.3. The largest absolute Gasteiger partial charge is 0.492 e. The number of carbonyl (C=O) groups excluding carboxylic acids is 2. The second kappa shape index (κ2) is 7.78. The molecule has 0 bridgehead atoms. The molecule has 0 fully saturated rings. The molecule has 0 heterocycles. The molecule has 0 radical (unpaired) electrons. The summed E-state index contributed by atoms with van der Waals surface area (Å²) in [5.74, 6) is -0.130. The second-order valence-corrected chi connectivity index (χ2v) is 5.75. The van der Waals surface area contributed by atoms with E-state index in [9.17, 15) is 9.59 Å². The van der Waals surface area contributed by atoms with E-state index in [-0.39, 0.29) is 5.91 Å². The normalized spacial score (nSPS) is 10.2. The summed E-state index contributed by atoms with van der Waals surface area (Å²) in [5, 5.41) is 2.73. The maximum atomic E-state index is 12.3. The predicted octanol–water partition coefficient (Wildman–Crippen LogP) is 3.59. The van der Waals surface area contributed by atoms with Gasteiger partial charge in [-0.25, -0.2) is 0 Å². The van der Waals surface area contributed by atoms with Crippen molar-refractivity contribution in [3.8, 4) is 5.75 Å². The first-order chi connectivity index (χ1) is 11.0. The van der Waals surface area contributed by atoms with Crippen molar-refractivity contribution in [3.63, 3.8) is 0 Å². The van der Waals surface area contributed by atoms with Crippen molar-refractivity contribution in [2.24, 2.45) is 5.73 Å². The van der Waals surface area contributed by atoms with E-state index in [0.717, 1.165) is 6.42 Å². The number of rotatable bonds is 6. The number of carbonyl (C=O) groups is 2. The summed E-state index contributed by atoms with van der Waals surface area (Å²) < 4.78 is 6.26. The van der Waals surface area contributed by atoms with Crippen LogP contribution in [0.2, 0.25) is 0 Å². The van der Waals surface area contributed by atoms with E-state index in [1.54, 1.807) is 36.4 Å². The predicted molar refractivity (Wildman–Crippen MR) is 92.8 cm³/mol. The van der Waals surface area contributed by atoms with Crippen LogP contribution in [0, 0.1) is 0 Å². The average molecular weight is 377 g/mol. The standard InChI is InChI=1S/C17H17BrN2O3/c1-2-8-23-15-7-6-12(10-14(15)18)17(22)20-13-5-3-4-11(9-13)16(19)21/h3-7,9-10H,2,8H2,1H3,(H2,19,21)(H,20,22). The van der Waals surface area contributed by atoms with Crippen LogP contribution in [0.4, 0.5) is 5.69 Å². The van der Waals surface area contributed by atoms with Crippen LogP contribution >= 0.6 is 15.9 Å². The highest BCUT2D eigenvalue weighted by atomic mass is 79.9. The van der Waals surface area contributed by atoms with Gasteiger partial charge in [-0.05, 0) is 58.7 Å². The molecule has 23 heavy (non-hydrogen) atoms. The number of anilines is 1. The molecule has 2 amide bonds. The number of hydrogen-bond acceptors (Lipinski definition) is 3. The Morgan fingerprint density at radius 3 is 2.61 bits per heavy atom. The molecule has 3 N–H and O–H groups in total. The molecule has 0 aliphatic heterocycles. The van der Waals surface area contributed by atoms with Gasteiger partial charge in [0, 0.05) is 16.8 Å². The van der Waals surface area contributed by atoms with Gasteiger partial charge in [-0.2, -0.15) is 0 Å². The smallest absolute Gasteiger partial charge is 0.255 e. The maximum Gasteiger partial charge on any atom is 0.255 e. The van der Waals surface area contributed by atoms with Crippen LogP contribution in [0.15, 0.2) is 46.9 Å². The van der Waals surface area contributed by atoms with E-state index < -0.39 is 5.91 Å². The fraction of sp³-hybridized carbons (Fsp3) is 0.176. The number of hydrogen-bond donors (Lipinski definition) is 2. The van der Waals surface area contributed by atoms with Gasteiger partial charge in [0.1, 0.15) is 5.75 Å². The first-order valence-corrected chi connectivity index (χ1v) is 7.94. The lowest BCUT2D eigenvalue weighted by Gasteiger charge is -2.10. The van der Waals surface area contributed by atoms with Gasteiger partial charge in [0.25, 0.3) is 5.91 Å². The van der Waals surface area contributed by atoms with Crippen LogP contribution in [-0.2, 0) is 0 Å². The lowest BCUT2D eigenvalue weighted by Crippen LogP contribution is -2.14. The molecule has 0 saturated carbocycles. The fourth-order valence-electron chi connectivity index (χ4n) is 1.92. The summed E-state index contributed by atoms with van der Waals surface area (Å²) in [6, 6.07) is 11.6. The summed E-state index contributed by atoms with van der Waals surface area (Å²) in [7, 11) is 0. The fourth-order valence-corrected chi connectivity index (χ4v) is 2.42. The van der Waals surface area contributed by atoms with Gasteiger partial charge in [-0.1, -0.05) is 13.0 Å². The zero-order valence-electron chi connectivity index (χ0n) is 12.6. The highest BCUT2D eigenvalue weighted by molar-refractivity contribution is 9.10. The Balaban J connectivity index is 2.13. The molecule has 0 aromatic heterocycles. The minimum atomic E-state index is -0.540. The van der Waals surface area contributed by atoms with Crippen LogP contribution in [0.3, 0.4) is 0 Å². The minimum Gasteiger partial charge on any atom is -0.492 e.